The molecule has 0 aliphatic heterocycles. The molecule has 1 aliphatic carbocycles. The monoisotopic (exact) mass is 256 g/mol. The Hall–Kier alpha value is -2.17. The van der Waals surface area contributed by atoms with Crippen molar-refractivity contribution in [3.63, 3.8) is 0 Å². The molecule has 1 heterocycles. The van der Waals surface area contributed by atoms with Crippen molar-refractivity contribution in [2.75, 3.05) is 11.9 Å². The van der Waals surface area contributed by atoms with Gasteiger partial charge in [-0.25, -0.2) is 4.98 Å². The molecule has 0 atom stereocenters. The Kier molecular flexibility index (Phi) is 2.81. The van der Waals surface area contributed by atoms with E-state index in [-0.39, 0.29) is 11.7 Å². The first kappa shape index (κ1) is 11.9. The fourth-order valence-corrected chi connectivity index (χ4v) is 1.94. The van der Waals surface area contributed by atoms with Crippen LogP contribution >= 0.6 is 0 Å². The number of hydrogen-bond donors (Lipinski definition) is 1. The number of anilines is 1. The Labute approximate surface area is 111 Å². The van der Waals surface area contributed by atoms with Crippen LogP contribution in [-0.4, -0.2) is 28.1 Å². The van der Waals surface area contributed by atoms with Crippen molar-refractivity contribution < 1.29 is 4.79 Å². The molecule has 1 aliphatic rings. The highest BCUT2D eigenvalue weighted by atomic mass is 16.2. The third-order valence-corrected chi connectivity index (χ3v) is 3.38. The third kappa shape index (κ3) is 2.36. The summed E-state index contributed by atoms with van der Waals surface area (Å²) in [6, 6.07) is 7.79. The fraction of sp³-hybridized carbons (Fsp3) is 0.357. The second-order valence-electron chi connectivity index (χ2n) is 5.02. The summed E-state index contributed by atoms with van der Waals surface area (Å²) < 4.78 is 0. The van der Waals surface area contributed by atoms with Gasteiger partial charge in [-0.15, -0.1) is 5.10 Å². The van der Waals surface area contributed by atoms with Gasteiger partial charge in [0, 0.05) is 18.7 Å². The molecular weight excluding hydrogens is 240 g/mol. The van der Waals surface area contributed by atoms with Crippen LogP contribution in [0.1, 0.15) is 40.8 Å². The van der Waals surface area contributed by atoms with E-state index in [4.69, 9.17) is 0 Å². The predicted molar refractivity (Wildman–Crippen MR) is 72.3 cm³/mol. The summed E-state index contributed by atoms with van der Waals surface area (Å²) in [7, 11) is 1.74. The topological polar surface area (TPSA) is 61.9 Å². The van der Waals surface area contributed by atoms with E-state index >= 15 is 0 Å². The van der Waals surface area contributed by atoms with Crippen LogP contribution in [0, 0.1) is 6.92 Å². The van der Waals surface area contributed by atoms with Gasteiger partial charge >= 0.3 is 0 Å². The van der Waals surface area contributed by atoms with Gasteiger partial charge in [0.15, 0.2) is 0 Å². The smallest absolute Gasteiger partial charge is 0.297 e. The van der Waals surface area contributed by atoms with Crippen LogP contribution in [-0.2, 0) is 0 Å². The van der Waals surface area contributed by atoms with E-state index in [2.05, 4.69) is 15.2 Å². The second kappa shape index (κ2) is 4.50. The molecule has 0 spiro atoms. The standard InChI is InChI=1S/C14H16N4O/c1-9-3-7-11(8-4-9)18(2)14(19)13-15-12(16-17-13)10-5-6-10/h3-4,7-8,10H,5-6H2,1-2H3,(H,15,16,17). The van der Waals surface area contributed by atoms with Crippen LogP contribution in [0.15, 0.2) is 24.3 Å². The normalized spacial score (nSPS) is 14.4. The summed E-state index contributed by atoms with van der Waals surface area (Å²) in [4.78, 5) is 18.1. The zero-order chi connectivity index (χ0) is 13.4. The van der Waals surface area contributed by atoms with E-state index in [1.165, 1.54) is 5.56 Å². The zero-order valence-corrected chi connectivity index (χ0v) is 11.1. The molecule has 19 heavy (non-hydrogen) atoms. The van der Waals surface area contributed by atoms with E-state index in [9.17, 15) is 4.79 Å². The number of H-pyrrole nitrogens is 1. The number of aromatic nitrogens is 3. The van der Waals surface area contributed by atoms with Gasteiger partial charge in [0.2, 0.25) is 5.82 Å². The molecule has 2 aromatic rings. The van der Waals surface area contributed by atoms with Crippen molar-refractivity contribution in [3.05, 3.63) is 41.5 Å². The lowest BCUT2D eigenvalue weighted by atomic mass is 10.2. The first-order valence-electron chi connectivity index (χ1n) is 6.42. The van der Waals surface area contributed by atoms with Gasteiger partial charge in [0.1, 0.15) is 5.82 Å². The Morgan fingerprint density at radius 1 is 1.32 bits per heavy atom. The maximum Gasteiger partial charge on any atom is 0.297 e. The molecule has 3 rings (SSSR count). The summed E-state index contributed by atoms with van der Waals surface area (Å²) in [5, 5.41) is 6.87. The van der Waals surface area contributed by atoms with Gasteiger partial charge in [-0.1, -0.05) is 17.7 Å². The number of hydrogen-bond acceptors (Lipinski definition) is 3. The van der Waals surface area contributed by atoms with E-state index < -0.39 is 0 Å². The Balaban J connectivity index is 1.79. The number of amides is 1. The van der Waals surface area contributed by atoms with Crippen LogP contribution in [0.3, 0.4) is 0 Å². The number of benzene rings is 1. The molecule has 1 saturated carbocycles. The van der Waals surface area contributed by atoms with Crippen molar-refractivity contribution in [2.45, 2.75) is 25.7 Å². The van der Waals surface area contributed by atoms with Crippen LogP contribution in [0.4, 0.5) is 5.69 Å². The average molecular weight is 256 g/mol. The number of carbonyl (C=O) groups excluding carboxylic acids is 1. The lowest BCUT2D eigenvalue weighted by molar-refractivity contribution is 0.0983. The van der Waals surface area contributed by atoms with E-state index in [0.29, 0.717) is 5.92 Å². The van der Waals surface area contributed by atoms with Gasteiger partial charge in [-0.05, 0) is 31.9 Å². The summed E-state index contributed by atoms with van der Waals surface area (Å²) in [5.41, 5.74) is 2.01. The van der Waals surface area contributed by atoms with Crippen molar-refractivity contribution in [1.82, 2.24) is 15.2 Å². The van der Waals surface area contributed by atoms with Crippen LogP contribution in [0.2, 0.25) is 0 Å². The molecular formula is C14H16N4O. The number of nitrogens with one attached hydrogen (secondary N) is 1. The molecule has 5 nitrogen and oxygen atoms in total. The van der Waals surface area contributed by atoms with Crippen LogP contribution < -0.4 is 4.90 Å². The van der Waals surface area contributed by atoms with E-state index in [1.54, 1.807) is 11.9 Å². The highest BCUT2D eigenvalue weighted by molar-refractivity contribution is 6.03. The number of aryl methyl sites for hydroxylation is 1. The lowest BCUT2D eigenvalue weighted by Gasteiger charge is -2.15. The number of nitrogens with zero attached hydrogens (tertiary/aromatic N) is 3. The van der Waals surface area contributed by atoms with Gasteiger partial charge in [0.25, 0.3) is 5.91 Å². The lowest BCUT2D eigenvalue weighted by Crippen LogP contribution is -2.27. The zero-order valence-electron chi connectivity index (χ0n) is 11.1. The number of carbonyl (C=O) groups is 1. The second-order valence-corrected chi connectivity index (χ2v) is 5.02. The third-order valence-electron chi connectivity index (χ3n) is 3.38. The Morgan fingerprint density at radius 3 is 2.63 bits per heavy atom. The minimum absolute atomic E-state index is 0.188. The minimum atomic E-state index is -0.188. The molecule has 98 valence electrons. The summed E-state index contributed by atoms with van der Waals surface area (Å²) in [5.74, 6) is 1.36. The first-order valence-corrected chi connectivity index (χ1v) is 6.42. The molecule has 0 bridgehead atoms. The van der Waals surface area contributed by atoms with Crippen molar-refractivity contribution in [2.24, 2.45) is 0 Å². The molecule has 1 fully saturated rings. The summed E-state index contributed by atoms with van der Waals surface area (Å²) in [6.07, 6.45) is 2.27. The molecule has 0 radical (unpaired) electrons. The number of rotatable bonds is 3. The van der Waals surface area contributed by atoms with Gasteiger partial charge < -0.3 is 4.90 Å². The quantitative estimate of drug-likeness (QED) is 0.916. The fourth-order valence-electron chi connectivity index (χ4n) is 1.94. The largest absolute Gasteiger partial charge is 0.309 e. The van der Waals surface area contributed by atoms with Gasteiger partial charge in [-0.3, -0.25) is 9.89 Å². The molecule has 0 unspecified atom stereocenters. The predicted octanol–water partition coefficient (Wildman–Crippen LogP) is 2.27. The molecule has 1 aromatic carbocycles. The highest BCUT2D eigenvalue weighted by Crippen LogP contribution is 2.37. The Morgan fingerprint density at radius 2 is 2.00 bits per heavy atom. The summed E-state index contributed by atoms with van der Waals surface area (Å²) in [6.45, 7) is 2.02. The SMILES string of the molecule is Cc1ccc(N(C)C(=O)c2n[nH]c(C3CC3)n2)cc1. The minimum Gasteiger partial charge on any atom is -0.309 e. The van der Waals surface area contributed by atoms with Gasteiger partial charge in [-0.2, -0.15) is 0 Å². The summed E-state index contributed by atoms with van der Waals surface area (Å²) >= 11 is 0. The molecule has 5 heteroatoms. The highest BCUT2D eigenvalue weighted by Gasteiger charge is 2.28. The maximum atomic E-state index is 12.3. The van der Waals surface area contributed by atoms with E-state index in [1.807, 2.05) is 31.2 Å². The van der Waals surface area contributed by atoms with Crippen LogP contribution in [0.25, 0.3) is 0 Å². The Bertz CT molecular complexity index is 598. The maximum absolute atomic E-state index is 12.3. The van der Waals surface area contributed by atoms with Crippen molar-refractivity contribution in [3.8, 4) is 0 Å². The molecule has 0 saturated heterocycles. The first-order chi connectivity index (χ1) is 9.15. The van der Waals surface area contributed by atoms with Crippen molar-refractivity contribution >= 4 is 11.6 Å². The van der Waals surface area contributed by atoms with E-state index in [0.717, 1.165) is 24.4 Å². The molecule has 1 amide bonds. The molecule has 1 aromatic heterocycles. The van der Waals surface area contributed by atoms with Crippen LogP contribution in [0.5, 0.6) is 0 Å². The number of aromatic amines is 1. The molecule has 1 N–H and O–H groups in total. The average Bonchev–Trinajstić information content (AvgIpc) is 3.16. The van der Waals surface area contributed by atoms with Gasteiger partial charge in [0.05, 0.1) is 0 Å². The van der Waals surface area contributed by atoms with Crippen molar-refractivity contribution in [1.29, 1.82) is 0 Å².